The first-order chi connectivity index (χ1) is 10.1. The van der Waals surface area contributed by atoms with Crippen LogP contribution in [0.3, 0.4) is 0 Å². The lowest BCUT2D eigenvalue weighted by molar-refractivity contribution is 0.0517. The van der Waals surface area contributed by atoms with Crippen molar-refractivity contribution in [3.05, 3.63) is 33.3 Å². The van der Waals surface area contributed by atoms with Crippen LogP contribution < -0.4 is 0 Å². The van der Waals surface area contributed by atoms with E-state index in [1.807, 2.05) is 18.5 Å². The van der Waals surface area contributed by atoms with E-state index in [2.05, 4.69) is 29.4 Å². The van der Waals surface area contributed by atoms with Gasteiger partial charge in [0.15, 0.2) is 5.69 Å². The van der Waals surface area contributed by atoms with E-state index in [1.54, 1.807) is 18.3 Å². The molecule has 0 unspecified atom stereocenters. The lowest BCUT2D eigenvalue weighted by Gasteiger charge is -2.09. The summed E-state index contributed by atoms with van der Waals surface area (Å²) in [5, 5.41) is 8.17. The summed E-state index contributed by atoms with van der Waals surface area (Å²) in [4.78, 5) is 14.5. The second-order valence-corrected chi connectivity index (χ2v) is 6.33. The molecule has 0 aliphatic rings. The first kappa shape index (κ1) is 15.7. The molecular weight excluding hydrogens is 286 g/mol. The highest BCUT2D eigenvalue weighted by molar-refractivity contribution is 7.11. The zero-order valence-electron chi connectivity index (χ0n) is 12.9. The number of aryl methyl sites for hydroxylation is 1. The van der Waals surface area contributed by atoms with E-state index in [0.29, 0.717) is 18.8 Å². The fourth-order valence-electron chi connectivity index (χ4n) is 2.20. The van der Waals surface area contributed by atoms with Gasteiger partial charge in [-0.15, -0.1) is 16.4 Å². The first-order valence-electron chi connectivity index (χ1n) is 7.24. The van der Waals surface area contributed by atoms with Gasteiger partial charge in [-0.3, -0.25) is 0 Å². The molecule has 0 bridgehead atoms. The van der Waals surface area contributed by atoms with Gasteiger partial charge in [-0.2, -0.15) is 0 Å². The van der Waals surface area contributed by atoms with E-state index in [0.717, 1.165) is 12.1 Å². The Kier molecular flexibility index (Phi) is 5.12. The van der Waals surface area contributed by atoms with Crippen LogP contribution in [-0.4, -0.2) is 27.6 Å². The van der Waals surface area contributed by atoms with Gasteiger partial charge in [0.05, 0.1) is 18.8 Å². The molecule has 21 heavy (non-hydrogen) atoms. The number of nitrogens with zero attached hydrogens (tertiary/aromatic N) is 3. The minimum absolute atomic E-state index is 0.157. The van der Waals surface area contributed by atoms with Crippen molar-refractivity contribution in [2.75, 3.05) is 6.61 Å². The van der Waals surface area contributed by atoms with Crippen molar-refractivity contribution in [3.63, 3.8) is 0 Å². The number of thiophene rings is 1. The highest BCUT2D eigenvalue weighted by atomic mass is 32.1. The molecule has 0 saturated carbocycles. The summed E-state index contributed by atoms with van der Waals surface area (Å²) < 4.78 is 6.86. The van der Waals surface area contributed by atoms with Crippen molar-refractivity contribution in [1.82, 2.24) is 15.0 Å². The van der Waals surface area contributed by atoms with Crippen LogP contribution >= 0.6 is 11.3 Å². The van der Waals surface area contributed by atoms with E-state index in [9.17, 15) is 4.79 Å². The second-order valence-electron chi connectivity index (χ2n) is 5.08. The van der Waals surface area contributed by atoms with E-state index in [1.165, 1.54) is 9.75 Å². The molecule has 2 aromatic heterocycles. The maximum Gasteiger partial charge on any atom is 0.360 e. The first-order valence-corrected chi connectivity index (χ1v) is 8.06. The van der Waals surface area contributed by atoms with E-state index in [-0.39, 0.29) is 5.92 Å². The van der Waals surface area contributed by atoms with Crippen LogP contribution in [0.4, 0.5) is 0 Å². The molecule has 0 N–H and O–H groups in total. The zero-order chi connectivity index (χ0) is 15.4. The van der Waals surface area contributed by atoms with E-state index in [4.69, 9.17) is 4.74 Å². The lowest BCUT2D eigenvalue weighted by atomic mass is 10.1. The number of carbonyl (C=O) groups excluding carboxylic acids is 1. The molecule has 2 rings (SSSR count). The summed E-state index contributed by atoms with van der Waals surface area (Å²) in [5.74, 6) is -0.238. The number of rotatable bonds is 6. The Morgan fingerprint density at radius 3 is 2.62 bits per heavy atom. The molecule has 0 fully saturated rings. The third-order valence-electron chi connectivity index (χ3n) is 3.16. The normalized spacial score (nSPS) is 11.1. The third-order valence-corrected chi connectivity index (χ3v) is 4.37. The third kappa shape index (κ3) is 3.50. The van der Waals surface area contributed by atoms with Crippen LogP contribution in [0.2, 0.25) is 0 Å². The monoisotopic (exact) mass is 307 g/mol. The summed E-state index contributed by atoms with van der Waals surface area (Å²) in [6.07, 6.45) is 1.03. The van der Waals surface area contributed by atoms with Crippen LogP contribution in [0.1, 0.15) is 59.5 Å². The molecule has 0 spiro atoms. The number of hydrogen-bond donors (Lipinski definition) is 0. The van der Waals surface area contributed by atoms with Crippen LogP contribution in [0, 0.1) is 0 Å². The van der Waals surface area contributed by atoms with Gasteiger partial charge in [0, 0.05) is 9.75 Å². The lowest BCUT2D eigenvalue weighted by Crippen LogP contribution is -2.12. The predicted octanol–water partition coefficient (Wildman–Crippen LogP) is 3.25. The smallest absolute Gasteiger partial charge is 0.360 e. The summed E-state index contributed by atoms with van der Waals surface area (Å²) in [6, 6.07) is 4.25. The van der Waals surface area contributed by atoms with Gasteiger partial charge in [0.2, 0.25) is 0 Å². The Hall–Kier alpha value is -1.69. The minimum atomic E-state index is -0.395. The molecule has 0 amide bonds. The van der Waals surface area contributed by atoms with Gasteiger partial charge < -0.3 is 4.74 Å². The minimum Gasteiger partial charge on any atom is -0.461 e. The fraction of sp³-hybridized carbons (Fsp3) is 0.533. The Morgan fingerprint density at radius 1 is 1.33 bits per heavy atom. The van der Waals surface area contributed by atoms with Crippen molar-refractivity contribution in [1.29, 1.82) is 0 Å². The fourth-order valence-corrected chi connectivity index (χ4v) is 3.14. The standard InChI is InChI=1S/C15H21N3O2S/c1-5-11-7-8-12(21-11)9-18-14(10(3)4)13(16-17-18)15(19)20-6-2/h7-8,10H,5-6,9H2,1-4H3. The van der Waals surface area contributed by atoms with Crippen molar-refractivity contribution >= 4 is 17.3 Å². The quantitative estimate of drug-likeness (QED) is 0.769. The zero-order valence-corrected chi connectivity index (χ0v) is 13.7. The molecule has 0 atom stereocenters. The largest absolute Gasteiger partial charge is 0.461 e. The maximum absolute atomic E-state index is 12.0. The predicted molar refractivity (Wildman–Crippen MR) is 82.9 cm³/mol. The molecule has 6 heteroatoms. The Labute approximate surface area is 128 Å². The number of carbonyl (C=O) groups is 1. The molecule has 0 radical (unpaired) electrons. The van der Waals surface area contributed by atoms with Crippen molar-refractivity contribution in [2.24, 2.45) is 0 Å². The van der Waals surface area contributed by atoms with Gasteiger partial charge >= 0.3 is 5.97 Å². The SMILES string of the molecule is CCOC(=O)c1nnn(Cc2ccc(CC)s2)c1C(C)C. The van der Waals surface area contributed by atoms with Gasteiger partial charge in [0.1, 0.15) is 0 Å². The molecule has 2 heterocycles. The van der Waals surface area contributed by atoms with Gasteiger partial charge in [-0.25, -0.2) is 9.48 Å². The topological polar surface area (TPSA) is 57.0 Å². The number of ether oxygens (including phenoxy) is 1. The van der Waals surface area contributed by atoms with Gasteiger partial charge in [-0.1, -0.05) is 26.0 Å². The second kappa shape index (κ2) is 6.85. The van der Waals surface area contributed by atoms with Gasteiger partial charge in [0.25, 0.3) is 0 Å². The molecule has 0 aliphatic carbocycles. The highest BCUT2D eigenvalue weighted by Crippen LogP contribution is 2.22. The van der Waals surface area contributed by atoms with E-state index < -0.39 is 5.97 Å². The number of hydrogen-bond acceptors (Lipinski definition) is 5. The molecule has 114 valence electrons. The van der Waals surface area contributed by atoms with Crippen LogP contribution in [0.25, 0.3) is 0 Å². The molecule has 2 aromatic rings. The number of aromatic nitrogens is 3. The summed E-state index contributed by atoms with van der Waals surface area (Å²) in [6.45, 7) is 8.98. The van der Waals surface area contributed by atoms with Crippen molar-refractivity contribution in [2.45, 2.75) is 46.6 Å². The maximum atomic E-state index is 12.0. The molecule has 0 aromatic carbocycles. The number of esters is 1. The van der Waals surface area contributed by atoms with Crippen LogP contribution in [0.15, 0.2) is 12.1 Å². The average Bonchev–Trinajstić information content (AvgIpc) is 3.06. The Bertz CT molecular complexity index is 616. The Balaban J connectivity index is 2.29. The van der Waals surface area contributed by atoms with Crippen molar-refractivity contribution in [3.8, 4) is 0 Å². The van der Waals surface area contributed by atoms with Crippen LogP contribution in [0.5, 0.6) is 0 Å². The van der Waals surface area contributed by atoms with Crippen LogP contribution in [-0.2, 0) is 17.7 Å². The summed E-state index contributed by atoms with van der Waals surface area (Å²) in [5.41, 5.74) is 1.17. The van der Waals surface area contributed by atoms with Gasteiger partial charge in [-0.05, 0) is 31.4 Å². The summed E-state index contributed by atoms with van der Waals surface area (Å²) >= 11 is 1.77. The summed E-state index contributed by atoms with van der Waals surface area (Å²) in [7, 11) is 0. The Morgan fingerprint density at radius 2 is 2.05 bits per heavy atom. The molecule has 0 aliphatic heterocycles. The molecular formula is C15H21N3O2S. The molecule has 0 saturated heterocycles. The highest BCUT2D eigenvalue weighted by Gasteiger charge is 2.23. The van der Waals surface area contributed by atoms with E-state index >= 15 is 0 Å². The average molecular weight is 307 g/mol. The van der Waals surface area contributed by atoms with Crippen molar-refractivity contribution < 1.29 is 9.53 Å². The molecule has 5 nitrogen and oxygen atoms in total.